The highest BCUT2D eigenvalue weighted by molar-refractivity contribution is 5.60. The van der Waals surface area contributed by atoms with E-state index in [-0.39, 0.29) is 0 Å². The molecule has 1 saturated carbocycles. The minimum atomic E-state index is 0.325. The van der Waals surface area contributed by atoms with Crippen LogP contribution in [-0.4, -0.2) is 21.9 Å². The summed E-state index contributed by atoms with van der Waals surface area (Å²) in [5.41, 5.74) is 12.5. The summed E-state index contributed by atoms with van der Waals surface area (Å²) in [6.45, 7) is 0. The van der Waals surface area contributed by atoms with E-state index in [0.717, 1.165) is 18.7 Å². The third-order valence-electron chi connectivity index (χ3n) is 3.02. The summed E-state index contributed by atoms with van der Waals surface area (Å²) in [6, 6.07) is 0.761. The number of anilines is 2. The summed E-state index contributed by atoms with van der Waals surface area (Å²) in [6.07, 6.45) is 6.18. The van der Waals surface area contributed by atoms with E-state index in [9.17, 15) is 0 Å². The van der Waals surface area contributed by atoms with E-state index >= 15 is 0 Å². The van der Waals surface area contributed by atoms with Gasteiger partial charge in [0.1, 0.15) is 5.82 Å². The molecule has 5 nitrogen and oxygen atoms in total. The van der Waals surface area contributed by atoms with Gasteiger partial charge in [0.25, 0.3) is 0 Å². The molecule has 0 saturated heterocycles. The first-order chi connectivity index (χ1) is 7.16. The molecular formula is C10H19N5. The monoisotopic (exact) mass is 209 g/mol. The third-order valence-corrected chi connectivity index (χ3v) is 3.02. The molecule has 84 valence electrons. The molecule has 0 aliphatic heterocycles. The van der Waals surface area contributed by atoms with Crippen LogP contribution in [0.3, 0.4) is 0 Å². The van der Waals surface area contributed by atoms with Crippen LogP contribution in [0.5, 0.6) is 0 Å². The maximum atomic E-state index is 5.94. The first kappa shape index (κ1) is 10.3. The second kappa shape index (κ2) is 4.10. The fourth-order valence-electron chi connectivity index (χ4n) is 2.18. The Morgan fingerprint density at radius 1 is 1.53 bits per heavy atom. The second-order valence-corrected chi connectivity index (χ2v) is 4.34. The summed E-state index contributed by atoms with van der Waals surface area (Å²) >= 11 is 0. The maximum absolute atomic E-state index is 5.94. The minimum absolute atomic E-state index is 0.325. The Morgan fingerprint density at radius 2 is 2.33 bits per heavy atom. The summed E-state index contributed by atoms with van der Waals surface area (Å²) in [5, 5.41) is 7.52. The molecule has 15 heavy (non-hydrogen) atoms. The predicted octanol–water partition coefficient (Wildman–Crippen LogP) is 0.684. The van der Waals surface area contributed by atoms with E-state index in [0.29, 0.717) is 17.8 Å². The van der Waals surface area contributed by atoms with Gasteiger partial charge in [-0.1, -0.05) is 0 Å². The molecule has 1 aromatic rings. The minimum Gasteiger partial charge on any atom is -0.394 e. The average Bonchev–Trinajstić information content (AvgIpc) is 2.50. The number of aryl methyl sites for hydroxylation is 1. The molecule has 0 aromatic carbocycles. The first-order valence-corrected chi connectivity index (χ1v) is 5.46. The molecular weight excluding hydrogens is 190 g/mol. The summed E-state index contributed by atoms with van der Waals surface area (Å²) < 4.78 is 1.77. The Morgan fingerprint density at radius 3 is 2.93 bits per heavy atom. The third kappa shape index (κ3) is 2.23. The van der Waals surface area contributed by atoms with E-state index in [1.54, 1.807) is 10.9 Å². The lowest BCUT2D eigenvalue weighted by atomic mass is 9.92. The van der Waals surface area contributed by atoms with Gasteiger partial charge >= 0.3 is 0 Å². The zero-order valence-corrected chi connectivity index (χ0v) is 9.11. The van der Waals surface area contributed by atoms with Crippen molar-refractivity contribution in [2.75, 3.05) is 11.1 Å². The highest BCUT2D eigenvalue weighted by Crippen LogP contribution is 2.23. The zero-order valence-electron chi connectivity index (χ0n) is 9.11. The highest BCUT2D eigenvalue weighted by atomic mass is 15.3. The number of nitrogens with zero attached hydrogens (tertiary/aromatic N) is 2. The van der Waals surface area contributed by atoms with Crippen LogP contribution >= 0.6 is 0 Å². The van der Waals surface area contributed by atoms with Crippen LogP contribution in [0.4, 0.5) is 11.5 Å². The Bertz CT molecular complexity index is 313. The number of nitrogen functional groups attached to an aromatic ring is 1. The van der Waals surface area contributed by atoms with Gasteiger partial charge in [0.15, 0.2) is 0 Å². The van der Waals surface area contributed by atoms with Crippen molar-refractivity contribution in [3.05, 3.63) is 6.20 Å². The summed E-state index contributed by atoms with van der Waals surface area (Å²) in [4.78, 5) is 0. The van der Waals surface area contributed by atoms with Gasteiger partial charge in [-0.25, -0.2) is 0 Å². The van der Waals surface area contributed by atoms with Crippen LogP contribution in [-0.2, 0) is 7.05 Å². The molecule has 0 radical (unpaired) electrons. The normalized spacial score (nSPS) is 26.5. The number of hydrogen-bond acceptors (Lipinski definition) is 4. The van der Waals surface area contributed by atoms with Gasteiger partial charge in [-0.3, -0.25) is 4.68 Å². The molecule has 2 atom stereocenters. The summed E-state index contributed by atoms with van der Waals surface area (Å²) in [5.74, 6) is 0.911. The van der Waals surface area contributed by atoms with Crippen LogP contribution in [0, 0.1) is 0 Å². The largest absolute Gasteiger partial charge is 0.394 e. The average molecular weight is 209 g/mol. The molecule has 1 aliphatic rings. The van der Waals surface area contributed by atoms with Gasteiger partial charge < -0.3 is 16.8 Å². The van der Waals surface area contributed by atoms with Crippen molar-refractivity contribution in [3.8, 4) is 0 Å². The van der Waals surface area contributed by atoms with Crippen molar-refractivity contribution < 1.29 is 0 Å². The molecule has 0 amide bonds. The van der Waals surface area contributed by atoms with Crippen LogP contribution < -0.4 is 16.8 Å². The van der Waals surface area contributed by atoms with Gasteiger partial charge in [0.2, 0.25) is 0 Å². The summed E-state index contributed by atoms with van der Waals surface area (Å²) in [7, 11) is 1.89. The highest BCUT2D eigenvalue weighted by Gasteiger charge is 2.20. The van der Waals surface area contributed by atoms with E-state index in [2.05, 4.69) is 10.4 Å². The zero-order chi connectivity index (χ0) is 10.8. The fraction of sp³-hybridized carbons (Fsp3) is 0.700. The smallest absolute Gasteiger partial charge is 0.147 e. The van der Waals surface area contributed by atoms with Crippen molar-refractivity contribution in [2.24, 2.45) is 12.8 Å². The topological polar surface area (TPSA) is 81.9 Å². The lowest BCUT2D eigenvalue weighted by Gasteiger charge is -2.28. The molecule has 1 aromatic heterocycles. The number of nitrogens with one attached hydrogen (secondary N) is 1. The number of aromatic nitrogens is 2. The second-order valence-electron chi connectivity index (χ2n) is 4.34. The van der Waals surface area contributed by atoms with E-state index in [1.807, 2.05) is 7.05 Å². The van der Waals surface area contributed by atoms with Crippen LogP contribution in [0.1, 0.15) is 25.7 Å². The molecule has 2 unspecified atom stereocenters. The van der Waals surface area contributed by atoms with Crippen molar-refractivity contribution in [2.45, 2.75) is 37.8 Å². The Labute approximate surface area is 89.8 Å². The number of nitrogens with two attached hydrogens (primary N) is 2. The quantitative estimate of drug-likeness (QED) is 0.669. The molecule has 1 aliphatic carbocycles. The molecule has 5 N–H and O–H groups in total. The van der Waals surface area contributed by atoms with Gasteiger partial charge in [0, 0.05) is 19.1 Å². The SMILES string of the molecule is Cn1ncc(N)c1NC1CCCC(N)C1. The standard InChI is InChI=1S/C10H19N5/c1-15-10(9(12)6-13-15)14-8-4-2-3-7(11)5-8/h6-8,14H,2-5,11-12H2,1H3. The molecule has 1 heterocycles. The molecule has 0 bridgehead atoms. The van der Waals surface area contributed by atoms with Crippen LogP contribution in [0.25, 0.3) is 0 Å². The Hall–Kier alpha value is -1.23. The van der Waals surface area contributed by atoms with E-state index in [1.165, 1.54) is 12.8 Å². The predicted molar refractivity (Wildman–Crippen MR) is 61.5 cm³/mol. The van der Waals surface area contributed by atoms with E-state index in [4.69, 9.17) is 11.5 Å². The van der Waals surface area contributed by atoms with Crippen molar-refractivity contribution in [1.82, 2.24) is 9.78 Å². The van der Waals surface area contributed by atoms with Crippen molar-refractivity contribution in [3.63, 3.8) is 0 Å². The van der Waals surface area contributed by atoms with Crippen LogP contribution in [0.2, 0.25) is 0 Å². The van der Waals surface area contributed by atoms with Gasteiger partial charge in [0.05, 0.1) is 11.9 Å². The molecule has 0 spiro atoms. The van der Waals surface area contributed by atoms with Crippen molar-refractivity contribution in [1.29, 1.82) is 0 Å². The number of rotatable bonds is 2. The molecule has 5 heteroatoms. The fourth-order valence-corrected chi connectivity index (χ4v) is 2.18. The van der Waals surface area contributed by atoms with Gasteiger partial charge in [-0.15, -0.1) is 0 Å². The number of hydrogen-bond donors (Lipinski definition) is 3. The van der Waals surface area contributed by atoms with Gasteiger partial charge in [-0.2, -0.15) is 5.10 Å². The lowest BCUT2D eigenvalue weighted by Crippen LogP contribution is -2.35. The Kier molecular flexibility index (Phi) is 2.81. The molecule has 2 rings (SSSR count). The lowest BCUT2D eigenvalue weighted by molar-refractivity contribution is 0.408. The molecule has 1 fully saturated rings. The maximum Gasteiger partial charge on any atom is 0.147 e. The van der Waals surface area contributed by atoms with E-state index < -0.39 is 0 Å². The Balaban J connectivity index is 2.02. The van der Waals surface area contributed by atoms with Gasteiger partial charge in [-0.05, 0) is 25.7 Å². The van der Waals surface area contributed by atoms with Crippen LogP contribution in [0.15, 0.2) is 6.20 Å². The first-order valence-electron chi connectivity index (χ1n) is 5.46. The van der Waals surface area contributed by atoms with Crippen molar-refractivity contribution >= 4 is 11.5 Å².